The Morgan fingerprint density at radius 2 is 1.60 bits per heavy atom. The first-order chi connectivity index (χ1) is 16.9. The fraction of sp³-hybridized carbons (Fsp3) is 0.259. The maximum absolute atomic E-state index is 13.2. The Bertz CT molecular complexity index is 1210. The molecule has 0 bridgehead atoms. The Labute approximate surface area is 204 Å². The first-order valence-corrected chi connectivity index (χ1v) is 11.0. The van der Waals surface area contributed by atoms with Crippen molar-refractivity contribution in [3.05, 3.63) is 76.9 Å². The van der Waals surface area contributed by atoms with Crippen LogP contribution in [0.5, 0.6) is 23.0 Å². The highest BCUT2D eigenvalue weighted by molar-refractivity contribution is 6.08. The van der Waals surface area contributed by atoms with Gasteiger partial charge in [0.25, 0.3) is 5.91 Å². The number of methoxy groups -OCH3 is 3. The third-order valence-corrected chi connectivity index (χ3v) is 5.18. The Balaban J connectivity index is 1.90. The van der Waals surface area contributed by atoms with Crippen molar-refractivity contribution in [2.45, 2.75) is 20.5 Å². The van der Waals surface area contributed by atoms with Crippen molar-refractivity contribution in [2.24, 2.45) is 0 Å². The third kappa shape index (κ3) is 6.23. The van der Waals surface area contributed by atoms with Gasteiger partial charge in [0.2, 0.25) is 0 Å². The highest BCUT2D eigenvalue weighted by atomic mass is 16.5. The summed E-state index contributed by atoms with van der Waals surface area (Å²) in [6, 6.07) is 15.8. The molecule has 1 amide bonds. The van der Waals surface area contributed by atoms with E-state index in [9.17, 15) is 9.59 Å². The van der Waals surface area contributed by atoms with Crippen LogP contribution >= 0.6 is 0 Å². The molecule has 1 N–H and O–H groups in total. The van der Waals surface area contributed by atoms with Crippen LogP contribution in [-0.2, 0) is 11.3 Å². The average molecular weight is 480 g/mol. The number of amides is 1. The summed E-state index contributed by atoms with van der Waals surface area (Å²) in [5.41, 5.74) is 2.51. The van der Waals surface area contributed by atoms with Gasteiger partial charge >= 0.3 is 5.97 Å². The smallest absolute Gasteiger partial charge is 0.340 e. The summed E-state index contributed by atoms with van der Waals surface area (Å²) in [7, 11) is 4.18. The molecule has 0 spiro atoms. The van der Waals surface area contributed by atoms with Crippen LogP contribution in [0.4, 0.5) is 5.69 Å². The molecule has 0 heterocycles. The molecule has 0 aliphatic heterocycles. The summed E-state index contributed by atoms with van der Waals surface area (Å²) in [6.07, 6.45) is 0. The van der Waals surface area contributed by atoms with Gasteiger partial charge in [-0.05, 0) is 49.7 Å². The molecular weight excluding hydrogens is 450 g/mol. The summed E-state index contributed by atoms with van der Waals surface area (Å²) >= 11 is 0. The summed E-state index contributed by atoms with van der Waals surface area (Å²) in [5.74, 6) is 0.979. The lowest BCUT2D eigenvalue weighted by molar-refractivity contribution is 0.0601. The van der Waals surface area contributed by atoms with Crippen LogP contribution in [0.3, 0.4) is 0 Å². The van der Waals surface area contributed by atoms with E-state index in [-0.39, 0.29) is 17.9 Å². The fourth-order valence-electron chi connectivity index (χ4n) is 3.45. The number of carbonyl (C=O) groups excluding carboxylic acids is 2. The monoisotopic (exact) mass is 479 g/mol. The second-order valence-electron chi connectivity index (χ2n) is 7.56. The van der Waals surface area contributed by atoms with Gasteiger partial charge in [0.05, 0.1) is 39.2 Å². The van der Waals surface area contributed by atoms with Gasteiger partial charge in [-0.15, -0.1) is 0 Å². The molecular formula is C27H29NO7. The summed E-state index contributed by atoms with van der Waals surface area (Å²) in [5, 5.41) is 2.77. The van der Waals surface area contributed by atoms with E-state index in [1.165, 1.54) is 33.5 Å². The van der Waals surface area contributed by atoms with Crippen molar-refractivity contribution < 1.29 is 33.3 Å². The van der Waals surface area contributed by atoms with Crippen molar-refractivity contribution in [3.8, 4) is 23.0 Å². The lowest BCUT2D eigenvalue weighted by Crippen LogP contribution is -2.16. The molecule has 8 heteroatoms. The van der Waals surface area contributed by atoms with Crippen LogP contribution in [0.2, 0.25) is 0 Å². The van der Waals surface area contributed by atoms with Gasteiger partial charge < -0.3 is 29.0 Å². The minimum absolute atomic E-state index is 0.132. The van der Waals surface area contributed by atoms with Crippen LogP contribution in [0, 0.1) is 6.92 Å². The quantitative estimate of drug-likeness (QED) is 0.408. The van der Waals surface area contributed by atoms with Gasteiger partial charge in [0.15, 0.2) is 11.5 Å². The Hall–Kier alpha value is -4.20. The van der Waals surface area contributed by atoms with Crippen molar-refractivity contribution in [1.29, 1.82) is 0 Å². The Kier molecular flexibility index (Phi) is 8.56. The molecule has 0 fully saturated rings. The van der Waals surface area contributed by atoms with E-state index >= 15 is 0 Å². The lowest BCUT2D eigenvalue weighted by Gasteiger charge is -2.16. The Morgan fingerprint density at radius 3 is 2.26 bits per heavy atom. The summed E-state index contributed by atoms with van der Waals surface area (Å²) in [4.78, 5) is 25.5. The van der Waals surface area contributed by atoms with Crippen molar-refractivity contribution in [1.82, 2.24) is 0 Å². The predicted octanol–water partition coefficient (Wildman–Crippen LogP) is 5.03. The number of hydrogen-bond donors (Lipinski definition) is 1. The molecule has 0 aliphatic carbocycles. The van der Waals surface area contributed by atoms with Crippen LogP contribution in [0.15, 0.2) is 54.6 Å². The standard InChI is InChI=1S/C27H29NO7/c1-6-34-23-11-10-18(13-19(23)16-35-20-9-7-8-17(2)12-20)26(29)28-22-15-25(32-4)24(31-3)14-21(22)27(30)33-5/h7-15H,6,16H2,1-5H3,(H,28,29). The number of aryl methyl sites for hydroxylation is 1. The SMILES string of the molecule is CCOc1ccc(C(=O)Nc2cc(OC)c(OC)cc2C(=O)OC)cc1COc1cccc(C)c1. The predicted molar refractivity (Wildman–Crippen MR) is 132 cm³/mol. The molecule has 0 unspecified atom stereocenters. The summed E-state index contributed by atoms with van der Waals surface area (Å²) < 4.78 is 27.1. The van der Waals surface area contributed by atoms with Gasteiger partial charge in [-0.3, -0.25) is 4.79 Å². The molecule has 3 aromatic carbocycles. The zero-order valence-corrected chi connectivity index (χ0v) is 20.5. The second-order valence-corrected chi connectivity index (χ2v) is 7.56. The number of hydrogen-bond acceptors (Lipinski definition) is 7. The number of ether oxygens (including phenoxy) is 5. The van der Waals surface area contributed by atoms with Crippen LogP contribution < -0.4 is 24.3 Å². The summed E-state index contributed by atoms with van der Waals surface area (Å²) in [6.45, 7) is 4.55. The molecule has 0 atom stereocenters. The number of esters is 1. The largest absolute Gasteiger partial charge is 0.493 e. The van der Waals surface area contributed by atoms with Crippen LogP contribution in [0.25, 0.3) is 0 Å². The molecule has 0 saturated heterocycles. The first-order valence-electron chi connectivity index (χ1n) is 11.0. The van der Waals surface area contributed by atoms with Crippen LogP contribution in [-0.4, -0.2) is 39.8 Å². The van der Waals surface area contributed by atoms with E-state index in [0.717, 1.165) is 11.3 Å². The van der Waals surface area contributed by atoms with Gasteiger partial charge in [-0.2, -0.15) is 0 Å². The number of benzene rings is 3. The second kappa shape index (κ2) is 11.8. The molecule has 3 rings (SSSR count). The lowest BCUT2D eigenvalue weighted by atomic mass is 10.1. The Morgan fingerprint density at radius 1 is 0.857 bits per heavy atom. The highest BCUT2D eigenvalue weighted by Gasteiger charge is 2.20. The van der Waals surface area contributed by atoms with Crippen molar-refractivity contribution in [2.75, 3.05) is 33.3 Å². The third-order valence-electron chi connectivity index (χ3n) is 5.18. The molecule has 184 valence electrons. The van der Waals surface area contributed by atoms with Crippen molar-refractivity contribution in [3.63, 3.8) is 0 Å². The fourth-order valence-corrected chi connectivity index (χ4v) is 3.45. The van der Waals surface area contributed by atoms with E-state index in [4.69, 9.17) is 23.7 Å². The van der Waals surface area contributed by atoms with Gasteiger partial charge in [0, 0.05) is 23.3 Å². The van der Waals surface area contributed by atoms with E-state index in [1.807, 2.05) is 38.1 Å². The minimum atomic E-state index is -0.625. The topological polar surface area (TPSA) is 92.3 Å². The van der Waals surface area contributed by atoms with Crippen molar-refractivity contribution >= 4 is 17.6 Å². The zero-order valence-electron chi connectivity index (χ0n) is 20.5. The van der Waals surface area contributed by atoms with E-state index in [1.54, 1.807) is 18.2 Å². The molecule has 0 aliphatic rings. The molecule has 0 saturated carbocycles. The van der Waals surface area contributed by atoms with Gasteiger partial charge in [-0.1, -0.05) is 12.1 Å². The normalized spacial score (nSPS) is 10.3. The molecule has 3 aromatic rings. The number of rotatable bonds is 10. The van der Waals surface area contributed by atoms with E-state index in [0.29, 0.717) is 35.0 Å². The molecule has 8 nitrogen and oxygen atoms in total. The van der Waals surface area contributed by atoms with Gasteiger partial charge in [-0.25, -0.2) is 4.79 Å². The first kappa shape index (κ1) is 25.4. The maximum atomic E-state index is 13.2. The number of carbonyl (C=O) groups is 2. The average Bonchev–Trinajstić information content (AvgIpc) is 2.87. The zero-order chi connectivity index (χ0) is 25.4. The van der Waals surface area contributed by atoms with E-state index in [2.05, 4.69) is 5.32 Å². The van der Waals surface area contributed by atoms with Gasteiger partial charge in [0.1, 0.15) is 18.1 Å². The molecule has 0 aromatic heterocycles. The highest BCUT2D eigenvalue weighted by Crippen LogP contribution is 2.34. The molecule has 35 heavy (non-hydrogen) atoms. The maximum Gasteiger partial charge on any atom is 0.340 e. The van der Waals surface area contributed by atoms with E-state index < -0.39 is 11.9 Å². The number of nitrogens with one attached hydrogen (secondary N) is 1. The van der Waals surface area contributed by atoms with Crippen LogP contribution in [0.1, 0.15) is 38.8 Å². The minimum Gasteiger partial charge on any atom is -0.493 e. The number of anilines is 1. The molecule has 0 radical (unpaired) electrons.